The number of nitrogens with one attached hydrogen (secondary N) is 1. The maximum atomic E-state index is 11.7. The molecule has 0 aliphatic carbocycles. The molecule has 0 saturated carbocycles. The molecular formula is C14H15N3O4S. The van der Waals surface area contributed by atoms with Crippen molar-refractivity contribution < 1.29 is 19.1 Å². The van der Waals surface area contributed by atoms with Gasteiger partial charge in [0.25, 0.3) is 0 Å². The number of nitrogens with zero attached hydrogens (tertiary/aromatic N) is 2. The third kappa shape index (κ3) is 4.32. The highest BCUT2D eigenvalue weighted by Crippen LogP contribution is 2.22. The van der Waals surface area contributed by atoms with Gasteiger partial charge in [0.05, 0.1) is 26.9 Å². The van der Waals surface area contributed by atoms with E-state index < -0.39 is 11.2 Å². The van der Waals surface area contributed by atoms with Crippen LogP contribution in [-0.4, -0.2) is 42.7 Å². The maximum Gasteiger partial charge on any atom is 0.307 e. The Balaban J connectivity index is 1.94. The average Bonchev–Trinajstić information content (AvgIpc) is 2.87. The van der Waals surface area contributed by atoms with Crippen molar-refractivity contribution in [3.8, 4) is 5.75 Å². The molecule has 1 N–H and O–H groups in total. The second kappa shape index (κ2) is 7.60. The molecule has 1 aliphatic rings. The van der Waals surface area contributed by atoms with Crippen LogP contribution in [0.2, 0.25) is 0 Å². The van der Waals surface area contributed by atoms with Gasteiger partial charge in [0.2, 0.25) is 5.91 Å². The van der Waals surface area contributed by atoms with E-state index in [4.69, 9.17) is 4.74 Å². The first-order chi connectivity index (χ1) is 10.6. The number of hydrogen-bond donors (Lipinski definition) is 1. The van der Waals surface area contributed by atoms with E-state index in [0.717, 1.165) is 23.1 Å². The van der Waals surface area contributed by atoms with Gasteiger partial charge in [0, 0.05) is 0 Å². The Bertz CT molecular complexity index is 613. The van der Waals surface area contributed by atoms with Crippen molar-refractivity contribution in [1.82, 2.24) is 5.32 Å². The zero-order valence-electron chi connectivity index (χ0n) is 12.1. The van der Waals surface area contributed by atoms with Crippen LogP contribution in [0.15, 0.2) is 34.5 Å². The van der Waals surface area contributed by atoms with Gasteiger partial charge in [-0.05, 0) is 29.8 Å². The number of carbonyl (C=O) groups is 2. The molecule has 1 aromatic rings. The fraction of sp³-hybridized carbons (Fsp3) is 0.286. The van der Waals surface area contributed by atoms with E-state index >= 15 is 0 Å². The SMILES string of the molecule is COC(=O)CC1S/C(=N/N=C/c2ccc(OC)cc2)NC1=O. The summed E-state index contributed by atoms with van der Waals surface area (Å²) < 4.78 is 9.60. The van der Waals surface area contributed by atoms with Crippen LogP contribution in [0.3, 0.4) is 0 Å². The summed E-state index contributed by atoms with van der Waals surface area (Å²) in [7, 11) is 2.88. The maximum absolute atomic E-state index is 11.7. The van der Waals surface area contributed by atoms with E-state index in [2.05, 4.69) is 20.3 Å². The topological polar surface area (TPSA) is 89.3 Å². The molecule has 1 saturated heterocycles. The Kier molecular flexibility index (Phi) is 5.54. The molecule has 2 rings (SSSR count). The lowest BCUT2D eigenvalue weighted by molar-refractivity contribution is -0.141. The molecule has 1 fully saturated rings. The van der Waals surface area contributed by atoms with Crippen molar-refractivity contribution in [3.63, 3.8) is 0 Å². The second-order valence-electron chi connectivity index (χ2n) is 4.30. The third-order valence-corrected chi connectivity index (χ3v) is 3.90. The summed E-state index contributed by atoms with van der Waals surface area (Å²) in [5.74, 6) is 0.0529. The van der Waals surface area contributed by atoms with Crippen molar-refractivity contribution in [2.45, 2.75) is 11.7 Å². The monoisotopic (exact) mass is 321 g/mol. The van der Waals surface area contributed by atoms with Gasteiger partial charge in [-0.1, -0.05) is 11.8 Å². The molecule has 1 amide bonds. The number of ether oxygens (including phenoxy) is 2. The number of methoxy groups -OCH3 is 2. The van der Waals surface area contributed by atoms with E-state index in [1.807, 2.05) is 24.3 Å². The Hall–Kier alpha value is -2.35. The first kappa shape index (κ1) is 16.0. The second-order valence-corrected chi connectivity index (χ2v) is 5.49. The number of amides is 1. The van der Waals surface area contributed by atoms with Gasteiger partial charge in [-0.2, -0.15) is 5.10 Å². The summed E-state index contributed by atoms with van der Waals surface area (Å²) in [5, 5.41) is 10.3. The molecular weight excluding hydrogens is 306 g/mol. The summed E-state index contributed by atoms with van der Waals surface area (Å²) in [6, 6.07) is 7.30. The van der Waals surface area contributed by atoms with Crippen molar-refractivity contribution in [1.29, 1.82) is 0 Å². The lowest BCUT2D eigenvalue weighted by Gasteiger charge is -2.01. The van der Waals surface area contributed by atoms with Crippen LogP contribution in [0.5, 0.6) is 5.75 Å². The third-order valence-electron chi connectivity index (χ3n) is 2.83. The summed E-state index contributed by atoms with van der Waals surface area (Å²) in [5.41, 5.74) is 0.852. The minimum absolute atomic E-state index is 0.00815. The highest BCUT2D eigenvalue weighted by Gasteiger charge is 2.32. The molecule has 0 bridgehead atoms. The van der Waals surface area contributed by atoms with E-state index in [0.29, 0.717) is 5.17 Å². The number of carbonyl (C=O) groups excluding carboxylic acids is 2. The summed E-state index contributed by atoms with van der Waals surface area (Å²) in [6.45, 7) is 0. The highest BCUT2D eigenvalue weighted by atomic mass is 32.2. The quantitative estimate of drug-likeness (QED) is 0.500. The van der Waals surface area contributed by atoms with Crippen molar-refractivity contribution in [2.75, 3.05) is 14.2 Å². The smallest absolute Gasteiger partial charge is 0.307 e. The molecule has 116 valence electrons. The predicted octanol–water partition coefficient (Wildman–Crippen LogP) is 1.18. The van der Waals surface area contributed by atoms with E-state index in [1.165, 1.54) is 7.11 Å². The number of esters is 1. The summed E-state index contributed by atoms with van der Waals surface area (Å²) >= 11 is 1.16. The molecule has 0 spiro atoms. The van der Waals surface area contributed by atoms with Crippen LogP contribution in [0, 0.1) is 0 Å². The number of benzene rings is 1. The molecule has 1 aliphatic heterocycles. The van der Waals surface area contributed by atoms with Gasteiger partial charge >= 0.3 is 5.97 Å². The molecule has 8 heteroatoms. The van der Waals surface area contributed by atoms with Gasteiger partial charge in [-0.3, -0.25) is 9.59 Å². The number of amidine groups is 1. The average molecular weight is 321 g/mol. The van der Waals surface area contributed by atoms with E-state index in [1.54, 1.807) is 13.3 Å². The molecule has 1 aromatic carbocycles. The molecule has 22 heavy (non-hydrogen) atoms. The molecule has 1 heterocycles. The lowest BCUT2D eigenvalue weighted by atomic mass is 10.2. The number of rotatable bonds is 5. The fourth-order valence-corrected chi connectivity index (χ4v) is 2.57. The Morgan fingerprint density at radius 2 is 2.09 bits per heavy atom. The van der Waals surface area contributed by atoms with Crippen molar-refractivity contribution >= 4 is 35.0 Å². The van der Waals surface area contributed by atoms with Gasteiger partial charge in [-0.25, -0.2) is 0 Å². The van der Waals surface area contributed by atoms with Crippen molar-refractivity contribution in [3.05, 3.63) is 29.8 Å². The standard InChI is InChI=1S/C14H15N3O4S/c1-20-10-5-3-9(4-6-10)8-15-17-14-16-13(19)11(22-14)7-12(18)21-2/h3-6,8,11H,7H2,1-2H3,(H,16,17,19)/b15-8+. The summed E-state index contributed by atoms with van der Waals surface area (Å²) in [4.78, 5) is 22.8. The Labute approximate surface area is 131 Å². The van der Waals surface area contributed by atoms with Crippen LogP contribution < -0.4 is 10.1 Å². The first-order valence-corrected chi connectivity index (χ1v) is 7.29. The van der Waals surface area contributed by atoms with Gasteiger partial charge in [0.15, 0.2) is 5.17 Å². The van der Waals surface area contributed by atoms with Crippen molar-refractivity contribution in [2.24, 2.45) is 10.2 Å². The van der Waals surface area contributed by atoms with E-state index in [9.17, 15) is 9.59 Å². The van der Waals surface area contributed by atoms with Crippen LogP contribution >= 0.6 is 11.8 Å². The number of hydrogen-bond acceptors (Lipinski definition) is 7. The first-order valence-electron chi connectivity index (χ1n) is 6.42. The highest BCUT2D eigenvalue weighted by molar-refractivity contribution is 8.15. The lowest BCUT2D eigenvalue weighted by Crippen LogP contribution is -2.26. The van der Waals surface area contributed by atoms with Gasteiger partial charge in [-0.15, -0.1) is 5.10 Å². The normalized spacial score (nSPS) is 19.5. The predicted molar refractivity (Wildman–Crippen MR) is 84.2 cm³/mol. The molecule has 1 unspecified atom stereocenters. The molecule has 0 radical (unpaired) electrons. The minimum atomic E-state index is -0.526. The number of thioether (sulfide) groups is 1. The van der Waals surface area contributed by atoms with Crippen LogP contribution in [0.1, 0.15) is 12.0 Å². The van der Waals surface area contributed by atoms with Gasteiger partial charge < -0.3 is 14.8 Å². The zero-order chi connectivity index (χ0) is 15.9. The fourth-order valence-electron chi connectivity index (χ4n) is 1.66. The Morgan fingerprint density at radius 3 is 2.73 bits per heavy atom. The van der Waals surface area contributed by atoms with Crippen LogP contribution in [-0.2, 0) is 14.3 Å². The van der Waals surface area contributed by atoms with Gasteiger partial charge in [0.1, 0.15) is 11.0 Å². The summed E-state index contributed by atoms with van der Waals surface area (Å²) in [6.07, 6.45) is 1.57. The van der Waals surface area contributed by atoms with Crippen LogP contribution in [0.25, 0.3) is 0 Å². The zero-order valence-corrected chi connectivity index (χ0v) is 12.9. The molecule has 7 nitrogen and oxygen atoms in total. The molecule has 1 atom stereocenters. The van der Waals surface area contributed by atoms with E-state index in [-0.39, 0.29) is 12.3 Å². The minimum Gasteiger partial charge on any atom is -0.497 e. The molecule has 0 aromatic heterocycles. The Morgan fingerprint density at radius 1 is 1.36 bits per heavy atom. The van der Waals surface area contributed by atoms with Crippen LogP contribution in [0.4, 0.5) is 0 Å². The largest absolute Gasteiger partial charge is 0.497 e.